The van der Waals surface area contributed by atoms with E-state index in [2.05, 4.69) is 40.0 Å². The first-order valence-corrected chi connectivity index (χ1v) is 12.5. The van der Waals surface area contributed by atoms with Crippen LogP contribution in [0.4, 0.5) is 17.2 Å². The maximum absolute atomic E-state index is 12.4. The maximum Gasteiger partial charge on any atom is 0.234 e. The van der Waals surface area contributed by atoms with Crippen molar-refractivity contribution in [3.8, 4) is 5.75 Å². The fraction of sp³-hybridized carbons (Fsp3) is 0.346. The Morgan fingerprint density at radius 3 is 2.44 bits per heavy atom. The van der Waals surface area contributed by atoms with E-state index in [1.165, 1.54) is 17.3 Å². The number of hydrogen-bond donors (Lipinski definition) is 1. The van der Waals surface area contributed by atoms with E-state index in [-0.39, 0.29) is 11.7 Å². The molecule has 1 fully saturated rings. The number of methoxy groups -OCH3 is 1. The van der Waals surface area contributed by atoms with Gasteiger partial charge in [0.1, 0.15) is 11.6 Å². The highest BCUT2D eigenvalue weighted by Crippen LogP contribution is 2.29. The van der Waals surface area contributed by atoms with E-state index in [0.29, 0.717) is 11.1 Å². The van der Waals surface area contributed by atoms with Gasteiger partial charge < -0.3 is 19.9 Å². The minimum absolute atomic E-state index is 0.0678. The highest BCUT2D eigenvalue weighted by atomic mass is 32.2. The van der Waals surface area contributed by atoms with Gasteiger partial charge in [-0.2, -0.15) is 0 Å². The fourth-order valence-corrected chi connectivity index (χ4v) is 4.55. The van der Waals surface area contributed by atoms with Crippen molar-refractivity contribution in [1.29, 1.82) is 0 Å². The summed E-state index contributed by atoms with van der Waals surface area (Å²) in [6.07, 6.45) is 1.76. The van der Waals surface area contributed by atoms with Crippen molar-refractivity contribution in [1.82, 2.24) is 9.97 Å². The molecule has 0 spiro atoms. The molecule has 2 aromatic carbocycles. The summed E-state index contributed by atoms with van der Waals surface area (Å²) in [5.41, 5.74) is 3.17. The molecule has 8 heteroatoms. The lowest BCUT2D eigenvalue weighted by molar-refractivity contribution is -0.113. The highest BCUT2D eigenvalue weighted by Gasteiger charge is 2.21. The molecule has 1 aliphatic heterocycles. The summed E-state index contributed by atoms with van der Waals surface area (Å²) in [5.74, 6) is 2.44. The molecule has 0 unspecified atom stereocenters. The molecule has 1 aromatic heterocycles. The summed E-state index contributed by atoms with van der Waals surface area (Å²) in [4.78, 5) is 26.0. The summed E-state index contributed by atoms with van der Waals surface area (Å²) >= 11 is 1.35. The van der Waals surface area contributed by atoms with Crippen molar-refractivity contribution in [2.45, 2.75) is 24.9 Å². The average molecular weight is 478 g/mol. The molecule has 1 aliphatic rings. The average Bonchev–Trinajstić information content (AvgIpc) is 2.88. The number of thioether (sulfide) groups is 1. The zero-order chi connectivity index (χ0) is 23.9. The van der Waals surface area contributed by atoms with Crippen molar-refractivity contribution in [3.05, 3.63) is 66.4 Å². The predicted octanol–water partition coefficient (Wildman–Crippen LogP) is 4.67. The van der Waals surface area contributed by atoms with Gasteiger partial charge in [0, 0.05) is 38.1 Å². The van der Waals surface area contributed by atoms with Crippen molar-refractivity contribution in [3.63, 3.8) is 0 Å². The Morgan fingerprint density at radius 2 is 1.74 bits per heavy atom. The van der Waals surface area contributed by atoms with E-state index in [0.717, 1.165) is 49.1 Å². The monoisotopic (exact) mass is 477 g/mol. The molecule has 0 aliphatic carbocycles. The molecule has 178 valence electrons. The third kappa shape index (κ3) is 5.99. The Morgan fingerprint density at radius 1 is 1.03 bits per heavy atom. The maximum atomic E-state index is 12.4. The van der Waals surface area contributed by atoms with E-state index >= 15 is 0 Å². The highest BCUT2D eigenvalue weighted by molar-refractivity contribution is 7.99. The number of carbonyl (C=O) groups is 1. The predicted molar refractivity (Wildman–Crippen MR) is 139 cm³/mol. The number of nitrogens with one attached hydrogen (secondary N) is 1. The molecule has 34 heavy (non-hydrogen) atoms. The summed E-state index contributed by atoms with van der Waals surface area (Å²) in [6, 6.07) is 18.0. The number of benzene rings is 2. The van der Waals surface area contributed by atoms with Crippen LogP contribution in [0.1, 0.15) is 25.3 Å². The van der Waals surface area contributed by atoms with E-state index in [9.17, 15) is 4.79 Å². The molecule has 0 radical (unpaired) electrons. The molecule has 1 amide bonds. The number of nitrogens with zero attached hydrogens (tertiary/aromatic N) is 4. The van der Waals surface area contributed by atoms with Crippen LogP contribution < -0.4 is 19.9 Å². The van der Waals surface area contributed by atoms with Crippen LogP contribution in [-0.4, -0.2) is 54.9 Å². The quantitative estimate of drug-likeness (QED) is 0.374. The van der Waals surface area contributed by atoms with Gasteiger partial charge in [-0.3, -0.25) is 4.79 Å². The number of para-hydroxylation sites is 2. The second-order valence-corrected chi connectivity index (χ2v) is 9.40. The molecule has 7 nitrogen and oxygen atoms in total. The van der Waals surface area contributed by atoms with Gasteiger partial charge in [-0.05, 0) is 41.8 Å². The molecule has 4 rings (SSSR count). The van der Waals surface area contributed by atoms with Crippen LogP contribution in [0.5, 0.6) is 5.75 Å². The summed E-state index contributed by atoms with van der Waals surface area (Å²) in [6.45, 7) is 7.77. The minimum atomic E-state index is -0.0678. The molecular weight excluding hydrogens is 446 g/mol. The number of amides is 1. The number of aromatic nitrogens is 2. The first-order chi connectivity index (χ1) is 16.5. The van der Waals surface area contributed by atoms with Gasteiger partial charge in [0.15, 0.2) is 5.16 Å². The smallest absolute Gasteiger partial charge is 0.234 e. The fourth-order valence-electron chi connectivity index (χ4n) is 3.92. The Bertz CT molecular complexity index is 1100. The van der Waals surface area contributed by atoms with E-state index < -0.39 is 0 Å². The third-order valence-electron chi connectivity index (χ3n) is 5.84. The third-order valence-corrected chi connectivity index (χ3v) is 6.70. The van der Waals surface area contributed by atoms with Gasteiger partial charge in [0.25, 0.3) is 0 Å². The zero-order valence-corrected chi connectivity index (χ0v) is 20.7. The van der Waals surface area contributed by atoms with Gasteiger partial charge in [0.2, 0.25) is 5.91 Å². The Balaban J connectivity index is 1.29. The number of anilines is 3. The van der Waals surface area contributed by atoms with Crippen LogP contribution in [0.2, 0.25) is 0 Å². The SMILES string of the molecule is COc1ccccc1N1CCN(c2ccnc(SCC(=O)Nc3ccc(C(C)C)cc3)n2)CC1. The van der Waals surface area contributed by atoms with Crippen molar-refractivity contribution < 1.29 is 9.53 Å². The number of carbonyl (C=O) groups excluding carboxylic acids is 1. The largest absolute Gasteiger partial charge is 0.495 e. The number of piperazine rings is 1. The molecule has 1 N–H and O–H groups in total. The topological polar surface area (TPSA) is 70.6 Å². The van der Waals surface area contributed by atoms with Crippen LogP contribution >= 0.6 is 11.8 Å². The van der Waals surface area contributed by atoms with Crippen molar-refractivity contribution in [2.75, 3.05) is 54.2 Å². The normalized spacial score (nSPS) is 13.8. The number of rotatable bonds is 8. The van der Waals surface area contributed by atoms with Gasteiger partial charge in [-0.1, -0.05) is 49.9 Å². The first-order valence-electron chi connectivity index (χ1n) is 11.5. The summed E-state index contributed by atoms with van der Waals surface area (Å²) in [5, 5.41) is 3.55. The van der Waals surface area contributed by atoms with Crippen LogP contribution in [0.15, 0.2) is 66.0 Å². The minimum Gasteiger partial charge on any atom is -0.495 e. The lowest BCUT2D eigenvalue weighted by atomic mass is 10.0. The Labute approximate surface area is 205 Å². The van der Waals surface area contributed by atoms with Crippen LogP contribution in [0.3, 0.4) is 0 Å². The first kappa shape index (κ1) is 23.9. The van der Waals surface area contributed by atoms with E-state index in [1.54, 1.807) is 13.3 Å². The number of ether oxygens (including phenoxy) is 1. The van der Waals surface area contributed by atoms with Gasteiger partial charge >= 0.3 is 0 Å². The lowest BCUT2D eigenvalue weighted by Gasteiger charge is -2.37. The van der Waals surface area contributed by atoms with Crippen molar-refractivity contribution in [2.24, 2.45) is 0 Å². The Kier molecular flexibility index (Phi) is 7.90. The van der Waals surface area contributed by atoms with Crippen LogP contribution in [-0.2, 0) is 4.79 Å². The second kappa shape index (κ2) is 11.2. The molecule has 1 saturated heterocycles. The standard InChI is InChI=1S/C26H31N5O2S/c1-19(2)20-8-10-21(11-9-20)28-25(32)18-34-26-27-13-12-24(29-26)31-16-14-30(15-17-31)22-6-4-5-7-23(22)33-3/h4-13,19H,14-18H2,1-3H3,(H,28,32). The zero-order valence-electron chi connectivity index (χ0n) is 19.9. The van der Waals surface area contributed by atoms with Gasteiger partial charge in [-0.25, -0.2) is 9.97 Å². The second-order valence-electron chi connectivity index (χ2n) is 8.46. The lowest BCUT2D eigenvalue weighted by Crippen LogP contribution is -2.47. The van der Waals surface area contributed by atoms with E-state index in [4.69, 9.17) is 9.72 Å². The molecule has 0 saturated carbocycles. The molecular formula is C26H31N5O2S. The molecule has 0 bridgehead atoms. The van der Waals surface area contributed by atoms with E-state index in [1.807, 2.05) is 48.5 Å². The number of hydrogen-bond acceptors (Lipinski definition) is 7. The van der Waals surface area contributed by atoms with Gasteiger partial charge in [0.05, 0.1) is 18.6 Å². The molecule has 0 atom stereocenters. The molecule has 3 aromatic rings. The Hall–Kier alpha value is -3.26. The van der Waals surface area contributed by atoms with Crippen LogP contribution in [0.25, 0.3) is 0 Å². The van der Waals surface area contributed by atoms with Crippen LogP contribution in [0, 0.1) is 0 Å². The van der Waals surface area contributed by atoms with Crippen molar-refractivity contribution >= 4 is 34.9 Å². The summed E-state index contributed by atoms with van der Waals surface area (Å²) in [7, 11) is 1.71. The summed E-state index contributed by atoms with van der Waals surface area (Å²) < 4.78 is 5.51. The van der Waals surface area contributed by atoms with Gasteiger partial charge in [-0.15, -0.1) is 0 Å². The molecule has 2 heterocycles.